The third-order valence-electron chi connectivity index (χ3n) is 2.39. The quantitative estimate of drug-likeness (QED) is 0.434. The van der Waals surface area contributed by atoms with Crippen LogP contribution >= 0.6 is 0 Å². The van der Waals surface area contributed by atoms with Crippen LogP contribution in [-0.2, 0) is 4.79 Å². The van der Waals surface area contributed by atoms with Crippen molar-refractivity contribution < 1.29 is 14.0 Å². The fourth-order valence-corrected chi connectivity index (χ4v) is 1.36. The molecule has 1 heterocycles. The number of halogens is 1. The molecule has 8 heteroatoms. The molecule has 2 amide bonds. The van der Waals surface area contributed by atoms with Crippen molar-refractivity contribution in [3.63, 3.8) is 0 Å². The summed E-state index contributed by atoms with van der Waals surface area (Å²) in [6.45, 7) is 4.19. The smallest absolute Gasteiger partial charge is 0.254 e. The first-order valence-electron chi connectivity index (χ1n) is 6.11. The van der Waals surface area contributed by atoms with Gasteiger partial charge >= 0.3 is 0 Å². The molecular weight excluding hydrogens is 265 g/mol. The minimum Gasteiger partial charge on any atom is -0.354 e. The van der Waals surface area contributed by atoms with Gasteiger partial charge in [0.15, 0.2) is 11.6 Å². The molecule has 0 atom stereocenters. The Balaban J connectivity index is 2.57. The summed E-state index contributed by atoms with van der Waals surface area (Å²) in [5.74, 6) is 3.23. The Kier molecular flexibility index (Phi) is 5.85. The second kappa shape index (κ2) is 7.39. The number of nitrogens with one attached hydrogen (secondary N) is 3. The molecule has 0 radical (unpaired) electrons. The zero-order valence-electron chi connectivity index (χ0n) is 11.4. The van der Waals surface area contributed by atoms with Crippen molar-refractivity contribution in [1.82, 2.24) is 15.6 Å². The summed E-state index contributed by atoms with van der Waals surface area (Å²) in [5.41, 5.74) is 1.81. The number of nitrogen functional groups attached to an aromatic ring is 1. The van der Waals surface area contributed by atoms with Crippen LogP contribution in [0.15, 0.2) is 12.3 Å². The highest BCUT2D eigenvalue weighted by Crippen LogP contribution is 2.13. The van der Waals surface area contributed by atoms with Gasteiger partial charge in [0, 0.05) is 12.7 Å². The lowest BCUT2D eigenvalue weighted by atomic mass is 10.2. The Morgan fingerprint density at radius 1 is 1.40 bits per heavy atom. The van der Waals surface area contributed by atoms with E-state index in [9.17, 15) is 14.0 Å². The molecule has 0 bridgehead atoms. The number of hydrogen-bond donors (Lipinski definition) is 4. The number of carbonyl (C=O) groups is 2. The van der Waals surface area contributed by atoms with Crippen molar-refractivity contribution in [3.8, 4) is 0 Å². The van der Waals surface area contributed by atoms with Crippen LogP contribution in [0.5, 0.6) is 0 Å². The molecule has 0 aliphatic carbocycles. The third kappa shape index (κ3) is 4.47. The molecule has 5 N–H and O–H groups in total. The molecule has 20 heavy (non-hydrogen) atoms. The second-order valence-corrected chi connectivity index (χ2v) is 4.55. The van der Waals surface area contributed by atoms with Crippen molar-refractivity contribution in [2.75, 3.05) is 18.5 Å². The Morgan fingerprint density at radius 3 is 2.70 bits per heavy atom. The lowest BCUT2D eigenvalue weighted by Gasteiger charge is -2.09. The fourth-order valence-electron chi connectivity index (χ4n) is 1.36. The molecule has 0 aliphatic rings. The molecule has 0 spiro atoms. The van der Waals surface area contributed by atoms with Gasteiger partial charge in [0.1, 0.15) is 0 Å². The van der Waals surface area contributed by atoms with E-state index < -0.39 is 11.7 Å². The maximum atomic E-state index is 13.7. The number of aromatic nitrogens is 1. The van der Waals surface area contributed by atoms with Crippen LogP contribution in [-0.4, -0.2) is 29.9 Å². The minimum absolute atomic E-state index is 0.224. The van der Waals surface area contributed by atoms with Gasteiger partial charge in [0.25, 0.3) is 5.91 Å². The Bertz CT molecular complexity index is 493. The minimum atomic E-state index is -0.866. The largest absolute Gasteiger partial charge is 0.354 e. The first-order chi connectivity index (χ1) is 9.45. The molecule has 0 saturated carbocycles. The normalized spacial score (nSPS) is 10.2. The van der Waals surface area contributed by atoms with Gasteiger partial charge in [-0.1, -0.05) is 13.8 Å². The first-order valence-corrected chi connectivity index (χ1v) is 6.11. The van der Waals surface area contributed by atoms with Gasteiger partial charge in [-0.15, -0.1) is 0 Å². The van der Waals surface area contributed by atoms with Gasteiger partial charge in [0.05, 0.1) is 12.1 Å². The van der Waals surface area contributed by atoms with E-state index in [-0.39, 0.29) is 23.8 Å². The maximum Gasteiger partial charge on any atom is 0.254 e. The Labute approximate surface area is 116 Å². The second-order valence-electron chi connectivity index (χ2n) is 4.55. The van der Waals surface area contributed by atoms with Gasteiger partial charge < -0.3 is 16.1 Å². The van der Waals surface area contributed by atoms with Crippen molar-refractivity contribution in [2.45, 2.75) is 13.8 Å². The van der Waals surface area contributed by atoms with Crippen molar-refractivity contribution >= 4 is 17.6 Å². The van der Waals surface area contributed by atoms with E-state index in [2.05, 4.69) is 15.6 Å². The maximum absolute atomic E-state index is 13.7. The van der Waals surface area contributed by atoms with E-state index in [0.717, 1.165) is 0 Å². The number of carbonyl (C=O) groups excluding carboxylic acids is 2. The summed E-state index contributed by atoms with van der Waals surface area (Å²) >= 11 is 0. The van der Waals surface area contributed by atoms with E-state index in [1.165, 1.54) is 12.3 Å². The van der Waals surface area contributed by atoms with E-state index in [1.54, 1.807) is 0 Å². The highest BCUT2D eigenvalue weighted by molar-refractivity contribution is 5.97. The molecule has 0 aromatic carbocycles. The van der Waals surface area contributed by atoms with E-state index >= 15 is 0 Å². The summed E-state index contributed by atoms with van der Waals surface area (Å²) in [5, 5.41) is 4.96. The Morgan fingerprint density at radius 2 is 2.10 bits per heavy atom. The number of hydrogen-bond acceptors (Lipinski definition) is 5. The predicted octanol–water partition coefficient (Wildman–Crippen LogP) is 0.00830. The fraction of sp³-hybridized carbons (Fsp3) is 0.417. The van der Waals surface area contributed by atoms with Crippen LogP contribution in [0.2, 0.25) is 0 Å². The molecular formula is C12H18FN5O2. The van der Waals surface area contributed by atoms with Crippen LogP contribution in [0.3, 0.4) is 0 Å². The molecule has 7 nitrogen and oxygen atoms in total. The lowest BCUT2D eigenvalue weighted by molar-refractivity contribution is -0.120. The van der Waals surface area contributed by atoms with Gasteiger partial charge in [-0.2, -0.15) is 0 Å². The Hall–Kier alpha value is -2.22. The molecule has 0 saturated heterocycles. The number of nitrogens with zero attached hydrogens (tertiary/aromatic N) is 1. The first kappa shape index (κ1) is 15.8. The van der Waals surface area contributed by atoms with Crippen LogP contribution < -0.4 is 21.9 Å². The molecule has 0 unspecified atom stereocenters. The number of nitrogens with two attached hydrogens (primary N) is 1. The van der Waals surface area contributed by atoms with Crippen LogP contribution in [0, 0.1) is 11.7 Å². The SMILES string of the molecule is CC(C)CNC(=O)CNC(=O)c1ccnc(NN)c1F. The van der Waals surface area contributed by atoms with Crippen LogP contribution in [0.1, 0.15) is 24.2 Å². The van der Waals surface area contributed by atoms with Crippen LogP contribution in [0.25, 0.3) is 0 Å². The predicted molar refractivity (Wildman–Crippen MR) is 72.2 cm³/mol. The topological polar surface area (TPSA) is 109 Å². The molecule has 1 aromatic heterocycles. The van der Waals surface area contributed by atoms with E-state index in [0.29, 0.717) is 12.5 Å². The number of hydrazine groups is 1. The van der Waals surface area contributed by atoms with Crippen molar-refractivity contribution in [2.24, 2.45) is 11.8 Å². The summed E-state index contributed by atoms with van der Waals surface area (Å²) in [4.78, 5) is 26.8. The van der Waals surface area contributed by atoms with Gasteiger partial charge in [0.2, 0.25) is 5.91 Å². The van der Waals surface area contributed by atoms with Crippen molar-refractivity contribution in [1.29, 1.82) is 0 Å². The van der Waals surface area contributed by atoms with E-state index in [1.807, 2.05) is 19.3 Å². The number of anilines is 1. The highest BCUT2D eigenvalue weighted by Gasteiger charge is 2.16. The third-order valence-corrected chi connectivity index (χ3v) is 2.39. The average molecular weight is 283 g/mol. The number of pyridine rings is 1. The van der Waals surface area contributed by atoms with Crippen molar-refractivity contribution in [3.05, 3.63) is 23.6 Å². The molecule has 110 valence electrons. The average Bonchev–Trinajstić information content (AvgIpc) is 2.42. The van der Waals surface area contributed by atoms with Crippen LogP contribution in [0.4, 0.5) is 10.2 Å². The standard InChI is InChI=1S/C12H18FN5O2/c1-7(2)5-16-9(19)6-17-12(20)8-3-4-15-11(18-14)10(8)13/h3-4,7H,5-6,14H2,1-2H3,(H,15,18)(H,16,19)(H,17,20). The summed E-state index contributed by atoms with van der Waals surface area (Å²) in [7, 11) is 0. The zero-order valence-corrected chi connectivity index (χ0v) is 11.4. The highest BCUT2D eigenvalue weighted by atomic mass is 19.1. The molecule has 1 rings (SSSR count). The molecule has 0 aliphatic heterocycles. The number of amides is 2. The molecule has 0 fully saturated rings. The summed E-state index contributed by atoms with van der Waals surface area (Å²) in [6.07, 6.45) is 1.24. The monoisotopic (exact) mass is 283 g/mol. The zero-order chi connectivity index (χ0) is 15.1. The van der Waals surface area contributed by atoms with Gasteiger partial charge in [-0.3, -0.25) is 9.59 Å². The van der Waals surface area contributed by atoms with Gasteiger partial charge in [-0.25, -0.2) is 15.2 Å². The lowest BCUT2D eigenvalue weighted by Crippen LogP contribution is -2.38. The molecule has 1 aromatic rings. The van der Waals surface area contributed by atoms with Gasteiger partial charge in [-0.05, 0) is 12.0 Å². The summed E-state index contributed by atoms with van der Waals surface area (Å²) < 4.78 is 13.7. The summed E-state index contributed by atoms with van der Waals surface area (Å²) in [6, 6.07) is 1.21. The van der Waals surface area contributed by atoms with E-state index in [4.69, 9.17) is 5.84 Å². The number of rotatable bonds is 6.